The van der Waals surface area contributed by atoms with Gasteiger partial charge in [0.2, 0.25) is 0 Å². The molecule has 1 saturated heterocycles. The Morgan fingerprint density at radius 3 is 2.45 bits per heavy atom. The number of hydrogen-bond donors (Lipinski definition) is 1. The second kappa shape index (κ2) is 6.27. The monoisotopic (exact) mass is 277 g/mol. The van der Waals surface area contributed by atoms with Crippen molar-refractivity contribution in [1.82, 2.24) is 4.90 Å². The Balaban J connectivity index is 2.19. The van der Waals surface area contributed by atoms with E-state index in [9.17, 15) is 4.79 Å². The number of para-hydroxylation sites is 1. The number of ether oxygens (including phenoxy) is 2. The van der Waals surface area contributed by atoms with Crippen LogP contribution in [0.4, 0.5) is 10.5 Å². The van der Waals surface area contributed by atoms with Crippen LogP contribution < -0.4 is 14.8 Å². The van der Waals surface area contributed by atoms with Crippen LogP contribution in [-0.4, -0.2) is 44.6 Å². The molecular weight excluding hydrogens is 258 g/mol. The zero-order chi connectivity index (χ0) is 14.5. The van der Waals surface area contributed by atoms with E-state index in [1.165, 1.54) is 0 Å². The third-order valence-corrected chi connectivity index (χ3v) is 3.22. The molecule has 0 aromatic heterocycles. The summed E-state index contributed by atoms with van der Waals surface area (Å²) in [5, 5.41) is 2.73. The second-order valence-electron chi connectivity index (χ2n) is 4.52. The van der Waals surface area contributed by atoms with Gasteiger partial charge in [-0.1, -0.05) is 6.07 Å². The lowest BCUT2D eigenvalue weighted by atomic mass is 10.2. The summed E-state index contributed by atoms with van der Waals surface area (Å²) >= 11 is 0. The molecule has 1 aliphatic heterocycles. The molecule has 0 spiro atoms. The molecule has 1 N–H and O–H groups in total. The molecule has 0 bridgehead atoms. The van der Waals surface area contributed by atoms with E-state index in [1.54, 1.807) is 32.4 Å². The van der Waals surface area contributed by atoms with E-state index >= 15 is 0 Å². The Labute approximate surface area is 118 Å². The Morgan fingerprint density at radius 1 is 1.30 bits per heavy atom. The molecule has 0 unspecified atom stereocenters. The zero-order valence-electron chi connectivity index (χ0n) is 12.0. The Hall–Kier alpha value is -2.24. The summed E-state index contributed by atoms with van der Waals surface area (Å²) in [6.45, 7) is 0.935. The molecule has 6 heteroatoms. The van der Waals surface area contributed by atoms with Gasteiger partial charge in [-0.15, -0.1) is 0 Å². The highest BCUT2D eigenvalue weighted by Crippen LogP contribution is 2.34. The Morgan fingerprint density at radius 2 is 1.95 bits per heavy atom. The number of rotatable bonds is 3. The number of carbonyl (C=O) groups is 1. The van der Waals surface area contributed by atoms with Crippen LogP contribution in [0.3, 0.4) is 0 Å². The van der Waals surface area contributed by atoms with E-state index in [4.69, 9.17) is 9.47 Å². The standard InChI is InChI=1S/C14H19N3O3/c1-17-9-5-8-12(17)15-14(18)16-13-10(19-2)6-4-7-11(13)20-3/h4,6-7H,5,8-9H2,1-3H3,(H,16,18). The third-order valence-electron chi connectivity index (χ3n) is 3.22. The van der Waals surface area contributed by atoms with Crippen LogP contribution in [0.25, 0.3) is 0 Å². The van der Waals surface area contributed by atoms with Crippen molar-refractivity contribution in [2.24, 2.45) is 4.99 Å². The van der Waals surface area contributed by atoms with E-state index in [0.29, 0.717) is 17.2 Å². The molecule has 1 aromatic rings. The molecule has 0 radical (unpaired) electrons. The molecule has 1 fully saturated rings. The normalized spacial score (nSPS) is 16.4. The van der Waals surface area contributed by atoms with Crippen molar-refractivity contribution in [2.45, 2.75) is 12.8 Å². The van der Waals surface area contributed by atoms with E-state index in [-0.39, 0.29) is 0 Å². The summed E-state index contributed by atoms with van der Waals surface area (Å²) in [4.78, 5) is 18.1. The van der Waals surface area contributed by atoms with Crippen LogP contribution >= 0.6 is 0 Å². The quantitative estimate of drug-likeness (QED) is 0.921. The smallest absolute Gasteiger partial charge is 0.347 e. The van der Waals surface area contributed by atoms with E-state index in [2.05, 4.69) is 10.3 Å². The lowest BCUT2D eigenvalue weighted by molar-refractivity contribution is 0.259. The first kappa shape index (κ1) is 14.2. The minimum Gasteiger partial charge on any atom is -0.494 e. The molecule has 108 valence electrons. The lowest BCUT2D eigenvalue weighted by Gasteiger charge is -2.14. The minimum absolute atomic E-state index is 0.420. The van der Waals surface area contributed by atoms with Crippen molar-refractivity contribution in [2.75, 3.05) is 33.1 Å². The fourth-order valence-corrected chi connectivity index (χ4v) is 2.16. The van der Waals surface area contributed by atoms with Gasteiger partial charge in [0.05, 0.1) is 14.2 Å². The van der Waals surface area contributed by atoms with Gasteiger partial charge in [0.15, 0.2) is 0 Å². The van der Waals surface area contributed by atoms with Gasteiger partial charge in [-0.05, 0) is 18.6 Å². The topological polar surface area (TPSA) is 63.2 Å². The molecule has 1 aliphatic rings. The van der Waals surface area contributed by atoms with E-state index in [1.807, 2.05) is 11.9 Å². The number of methoxy groups -OCH3 is 2. The van der Waals surface area contributed by atoms with E-state index in [0.717, 1.165) is 25.2 Å². The summed E-state index contributed by atoms with van der Waals surface area (Å²) in [7, 11) is 5.02. The minimum atomic E-state index is -0.420. The zero-order valence-corrected chi connectivity index (χ0v) is 12.0. The van der Waals surface area contributed by atoms with Crippen molar-refractivity contribution < 1.29 is 14.3 Å². The maximum atomic E-state index is 12.0. The number of likely N-dealkylation sites (tertiary alicyclic amines) is 1. The second-order valence-corrected chi connectivity index (χ2v) is 4.52. The number of carbonyl (C=O) groups excluding carboxylic acids is 1. The largest absolute Gasteiger partial charge is 0.494 e. The van der Waals surface area contributed by atoms with Crippen molar-refractivity contribution in [1.29, 1.82) is 0 Å². The van der Waals surface area contributed by atoms with Crippen LogP contribution in [0.15, 0.2) is 23.2 Å². The number of aliphatic imine (C=N–C) groups is 1. The number of amides is 2. The number of urea groups is 1. The predicted octanol–water partition coefficient (Wildman–Crippen LogP) is 2.36. The third kappa shape index (κ3) is 3.01. The number of hydrogen-bond acceptors (Lipinski definition) is 3. The molecule has 0 aliphatic carbocycles. The molecule has 20 heavy (non-hydrogen) atoms. The van der Waals surface area contributed by atoms with Crippen LogP contribution in [0.2, 0.25) is 0 Å². The van der Waals surface area contributed by atoms with Gasteiger partial charge in [-0.3, -0.25) is 5.32 Å². The van der Waals surface area contributed by atoms with Crippen LogP contribution in [0, 0.1) is 0 Å². The number of nitrogens with one attached hydrogen (secondary N) is 1. The first-order valence-electron chi connectivity index (χ1n) is 6.46. The van der Waals surface area contributed by atoms with Crippen LogP contribution in [0.5, 0.6) is 11.5 Å². The van der Waals surface area contributed by atoms with Gasteiger partial charge in [0, 0.05) is 20.0 Å². The van der Waals surface area contributed by atoms with Gasteiger partial charge < -0.3 is 14.4 Å². The highest BCUT2D eigenvalue weighted by molar-refractivity contribution is 6.01. The molecule has 2 amide bonds. The number of amidine groups is 1. The maximum absolute atomic E-state index is 12.0. The first-order chi connectivity index (χ1) is 9.65. The molecule has 2 rings (SSSR count). The number of anilines is 1. The van der Waals surface area contributed by atoms with Gasteiger partial charge >= 0.3 is 6.03 Å². The average molecular weight is 277 g/mol. The van der Waals surface area contributed by atoms with Crippen LogP contribution in [-0.2, 0) is 0 Å². The molecule has 6 nitrogen and oxygen atoms in total. The summed E-state index contributed by atoms with van der Waals surface area (Å²) in [5.74, 6) is 1.88. The molecule has 0 atom stereocenters. The SMILES string of the molecule is COc1cccc(OC)c1NC(=O)N=C1CCCN1C. The predicted molar refractivity (Wildman–Crippen MR) is 77.9 cm³/mol. The first-order valence-corrected chi connectivity index (χ1v) is 6.46. The summed E-state index contributed by atoms with van der Waals surface area (Å²) < 4.78 is 10.5. The van der Waals surface area contributed by atoms with Crippen molar-refractivity contribution >= 4 is 17.6 Å². The Bertz CT molecular complexity index is 506. The molecule has 1 aromatic carbocycles. The van der Waals surface area contributed by atoms with Crippen molar-refractivity contribution in [3.63, 3.8) is 0 Å². The highest BCUT2D eigenvalue weighted by atomic mass is 16.5. The van der Waals surface area contributed by atoms with Crippen molar-refractivity contribution in [3.05, 3.63) is 18.2 Å². The van der Waals surface area contributed by atoms with Crippen LogP contribution in [0.1, 0.15) is 12.8 Å². The lowest BCUT2D eigenvalue weighted by Crippen LogP contribution is -2.21. The number of nitrogens with zero attached hydrogens (tertiary/aromatic N) is 2. The van der Waals surface area contributed by atoms with Gasteiger partial charge in [0.25, 0.3) is 0 Å². The van der Waals surface area contributed by atoms with Gasteiger partial charge in [0.1, 0.15) is 23.0 Å². The van der Waals surface area contributed by atoms with E-state index < -0.39 is 6.03 Å². The maximum Gasteiger partial charge on any atom is 0.347 e. The van der Waals surface area contributed by atoms with Gasteiger partial charge in [-0.2, -0.15) is 4.99 Å². The molecular formula is C14H19N3O3. The van der Waals surface area contributed by atoms with Crippen molar-refractivity contribution in [3.8, 4) is 11.5 Å². The highest BCUT2D eigenvalue weighted by Gasteiger charge is 2.17. The Kier molecular flexibility index (Phi) is 4.45. The van der Waals surface area contributed by atoms with Gasteiger partial charge in [-0.25, -0.2) is 4.79 Å². The summed E-state index contributed by atoms with van der Waals surface area (Å²) in [6.07, 6.45) is 1.85. The average Bonchev–Trinajstić information content (AvgIpc) is 2.84. The fraction of sp³-hybridized carbons (Fsp3) is 0.429. The summed E-state index contributed by atoms with van der Waals surface area (Å²) in [6, 6.07) is 4.89. The fourth-order valence-electron chi connectivity index (χ4n) is 2.16. The number of benzene rings is 1. The summed E-state index contributed by atoms with van der Waals surface area (Å²) in [5.41, 5.74) is 0.493. The molecule has 1 heterocycles. The molecule has 0 saturated carbocycles.